The molecular formula is C16H20N2O2S. The van der Waals surface area contributed by atoms with Gasteiger partial charge in [0.05, 0.1) is 4.90 Å². The molecule has 0 saturated carbocycles. The summed E-state index contributed by atoms with van der Waals surface area (Å²) in [7, 11) is -1.80. The summed E-state index contributed by atoms with van der Waals surface area (Å²) >= 11 is 0. The Labute approximate surface area is 125 Å². The number of likely N-dealkylation sites (N-methyl/N-ethyl adjacent to an activating group) is 1. The maximum absolute atomic E-state index is 12.8. The van der Waals surface area contributed by atoms with Gasteiger partial charge in [-0.05, 0) is 30.8 Å². The van der Waals surface area contributed by atoms with Crippen molar-refractivity contribution in [1.29, 1.82) is 0 Å². The van der Waals surface area contributed by atoms with Gasteiger partial charge >= 0.3 is 0 Å². The lowest BCUT2D eigenvalue weighted by molar-refractivity contribution is 0.418. The fraction of sp³-hybridized carbons (Fsp3) is 0.375. The molecule has 21 heavy (non-hydrogen) atoms. The number of benzene rings is 2. The first-order valence-corrected chi connectivity index (χ1v) is 8.70. The van der Waals surface area contributed by atoms with Crippen molar-refractivity contribution in [2.24, 2.45) is 0 Å². The minimum atomic E-state index is -3.46. The summed E-state index contributed by atoms with van der Waals surface area (Å²) in [5.41, 5.74) is 0. The van der Waals surface area contributed by atoms with Crippen LogP contribution in [0.4, 0.5) is 0 Å². The predicted octanol–water partition coefficient (Wildman–Crippen LogP) is 2.21. The summed E-state index contributed by atoms with van der Waals surface area (Å²) in [5, 5.41) is 5.08. The van der Waals surface area contributed by atoms with Gasteiger partial charge in [0.25, 0.3) is 0 Å². The van der Waals surface area contributed by atoms with E-state index in [0.717, 1.165) is 30.2 Å². The van der Waals surface area contributed by atoms with Gasteiger partial charge in [-0.2, -0.15) is 4.31 Å². The highest BCUT2D eigenvalue weighted by Crippen LogP contribution is 2.25. The highest BCUT2D eigenvalue weighted by molar-refractivity contribution is 7.89. The third-order valence-corrected chi connectivity index (χ3v) is 5.96. The van der Waals surface area contributed by atoms with Crippen LogP contribution in [0.3, 0.4) is 0 Å². The molecule has 1 fully saturated rings. The molecule has 1 N–H and O–H groups in total. The first kappa shape index (κ1) is 14.5. The second-order valence-corrected chi connectivity index (χ2v) is 7.57. The first-order valence-electron chi connectivity index (χ1n) is 7.26. The molecule has 1 heterocycles. The lowest BCUT2D eigenvalue weighted by Crippen LogP contribution is -2.38. The lowest BCUT2D eigenvalue weighted by Gasteiger charge is -2.21. The summed E-state index contributed by atoms with van der Waals surface area (Å²) in [6, 6.07) is 13.3. The summed E-state index contributed by atoms with van der Waals surface area (Å²) in [5.74, 6) is 0. The van der Waals surface area contributed by atoms with Crippen LogP contribution in [-0.4, -0.2) is 38.9 Å². The molecule has 2 aromatic rings. The van der Waals surface area contributed by atoms with E-state index >= 15 is 0 Å². The van der Waals surface area contributed by atoms with Crippen molar-refractivity contribution >= 4 is 20.8 Å². The maximum atomic E-state index is 12.8. The third-order valence-electron chi connectivity index (χ3n) is 4.08. The average Bonchev–Trinajstić information content (AvgIpc) is 2.99. The predicted molar refractivity (Wildman–Crippen MR) is 84.8 cm³/mol. The highest BCUT2D eigenvalue weighted by atomic mass is 32.2. The van der Waals surface area contributed by atoms with E-state index in [-0.39, 0.29) is 6.04 Å². The molecular weight excluding hydrogens is 284 g/mol. The van der Waals surface area contributed by atoms with Crippen molar-refractivity contribution in [3.8, 4) is 0 Å². The summed E-state index contributed by atoms with van der Waals surface area (Å²) in [6.07, 6.45) is 2.15. The van der Waals surface area contributed by atoms with E-state index in [1.165, 1.54) is 4.31 Å². The fourth-order valence-corrected chi connectivity index (χ4v) is 4.34. The minimum absolute atomic E-state index is 0.264. The average molecular weight is 304 g/mol. The summed E-state index contributed by atoms with van der Waals surface area (Å²) < 4.78 is 27.1. The largest absolute Gasteiger partial charge is 0.313 e. The van der Waals surface area contributed by atoms with Crippen molar-refractivity contribution in [2.45, 2.75) is 23.8 Å². The molecule has 2 aromatic carbocycles. The quantitative estimate of drug-likeness (QED) is 0.942. The molecule has 0 radical (unpaired) electrons. The molecule has 5 heteroatoms. The topological polar surface area (TPSA) is 49.4 Å². The number of hydrogen-bond acceptors (Lipinski definition) is 3. The Kier molecular flexibility index (Phi) is 3.97. The zero-order chi connectivity index (χ0) is 14.9. The van der Waals surface area contributed by atoms with Crippen molar-refractivity contribution in [3.63, 3.8) is 0 Å². The third kappa shape index (κ3) is 2.81. The number of hydrogen-bond donors (Lipinski definition) is 1. The number of fused-ring (bicyclic) bond motifs is 1. The van der Waals surface area contributed by atoms with Crippen LogP contribution in [-0.2, 0) is 10.0 Å². The van der Waals surface area contributed by atoms with Gasteiger partial charge in [-0.3, -0.25) is 0 Å². The van der Waals surface area contributed by atoms with Crippen LogP contribution in [0.5, 0.6) is 0 Å². The van der Waals surface area contributed by atoms with Crippen molar-refractivity contribution < 1.29 is 8.42 Å². The Balaban J connectivity index is 1.95. The fourth-order valence-electron chi connectivity index (χ4n) is 2.91. The minimum Gasteiger partial charge on any atom is -0.313 e. The van der Waals surface area contributed by atoms with Crippen LogP contribution in [0, 0.1) is 0 Å². The molecule has 0 bridgehead atoms. The number of rotatable bonds is 4. The Morgan fingerprint density at radius 3 is 2.71 bits per heavy atom. The molecule has 1 aliphatic rings. The van der Waals surface area contributed by atoms with Gasteiger partial charge in [-0.15, -0.1) is 0 Å². The second-order valence-electron chi connectivity index (χ2n) is 5.56. The zero-order valence-corrected chi connectivity index (χ0v) is 12.9. The number of nitrogens with zero attached hydrogens (tertiary/aromatic N) is 1. The van der Waals surface area contributed by atoms with Crippen LogP contribution in [0.15, 0.2) is 47.4 Å². The van der Waals surface area contributed by atoms with Crippen LogP contribution >= 0.6 is 0 Å². The van der Waals surface area contributed by atoms with E-state index in [1.54, 1.807) is 19.2 Å². The van der Waals surface area contributed by atoms with Gasteiger partial charge in [0.15, 0.2) is 0 Å². The van der Waals surface area contributed by atoms with Crippen LogP contribution < -0.4 is 5.32 Å². The number of sulfonamides is 1. The monoisotopic (exact) mass is 304 g/mol. The van der Waals surface area contributed by atoms with Gasteiger partial charge in [-0.1, -0.05) is 36.4 Å². The molecule has 3 rings (SSSR count). The highest BCUT2D eigenvalue weighted by Gasteiger charge is 2.26. The SMILES string of the molecule is CN(CC1CCCN1)S(=O)(=O)c1cccc2ccccc12. The zero-order valence-electron chi connectivity index (χ0n) is 12.1. The van der Waals surface area contributed by atoms with E-state index in [0.29, 0.717) is 11.4 Å². The molecule has 0 aliphatic carbocycles. The standard InChI is InChI=1S/C16H20N2O2S/c1-18(12-14-8-5-11-17-14)21(19,20)16-10-4-7-13-6-2-3-9-15(13)16/h2-4,6-7,9-10,14,17H,5,8,11-12H2,1H3. The Morgan fingerprint density at radius 2 is 1.95 bits per heavy atom. The maximum Gasteiger partial charge on any atom is 0.243 e. The molecule has 1 aliphatic heterocycles. The van der Waals surface area contributed by atoms with Crippen molar-refractivity contribution in [3.05, 3.63) is 42.5 Å². The molecule has 4 nitrogen and oxygen atoms in total. The second kappa shape index (κ2) is 5.75. The van der Waals surface area contributed by atoms with Gasteiger partial charge in [-0.25, -0.2) is 8.42 Å². The van der Waals surface area contributed by atoms with E-state index in [9.17, 15) is 8.42 Å². The molecule has 1 saturated heterocycles. The van der Waals surface area contributed by atoms with Crippen LogP contribution in [0.25, 0.3) is 10.8 Å². The van der Waals surface area contributed by atoms with E-state index in [1.807, 2.05) is 30.3 Å². The van der Waals surface area contributed by atoms with E-state index in [2.05, 4.69) is 5.32 Å². The molecule has 0 aromatic heterocycles. The molecule has 112 valence electrons. The first-order chi connectivity index (χ1) is 10.1. The van der Waals surface area contributed by atoms with E-state index < -0.39 is 10.0 Å². The lowest BCUT2D eigenvalue weighted by atomic mass is 10.1. The van der Waals surface area contributed by atoms with Crippen LogP contribution in [0.1, 0.15) is 12.8 Å². The normalized spacial score (nSPS) is 19.4. The smallest absolute Gasteiger partial charge is 0.243 e. The molecule has 0 spiro atoms. The Hall–Kier alpha value is -1.43. The van der Waals surface area contributed by atoms with Crippen LogP contribution in [0.2, 0.25) is 0 Å². The molecule has 1 unspecified atom stereocenters. The molecule has 0 amide bonds. The van der Waals surface area contributed by atoms with Crippen molar-refractivity contribution in [1.82, 2.24) is 9.62 Å². The summed E-state index contributed by atoms with van der Waals surface area (Å²) in [6.45, 7) is 1.50. The molecule has 1 atom stereocenters. The number of nitrogens with one attached hydrogen (secondary N) is 1. The summed E-state index contributed by atoms with van der Waals surface area (Å²) in [4.78, 5) is 0.390. The Bertz CT molecular complexity index is 732. The van der Waals surface area contributed by atoms with E-state index in [4.69, 9.17) is 0 Å². The van der Waals surface area contributed by atoms with Crippen molar-refractivity contribution in [2.75, 3.05) is 20.1 Å². The van der Waals surface area contributed by atoms with Gasteiger partial charge in [0, 0.05) is 25.0 Å². The van der Waals surface area contributed by atoms with Gasteiger partial charge < -0.3 is 5.32 Å². The Morgan fingerprint density at radius 1 is 1.19 bits per heavy atom. The van der Waals surface area contributed by atoms with Gasteiger partial charge in [0.2, 0.25) is 10.0 Å². The van der Waals surface area contributed by atoms with Gasteiger partial charge in [0.1, 0.15) is 0 Å².